The van der Waals surface area contributed by atoms with E-state index in [1.165, 1.54) is 26.1 Å². The molecule has 0 spiro atoms. The Hall–Kier alpha value is -0.0800. The maximum atomic E-state index is 3.39. The quantitative estimate of drug-likeness (QED) is 0.541. The van der Waals surface area contributed by atoms with Crippen LogP contribution in [-0.4, -0.2) is 36.6 Å². The molecule has 2 unspecified atom stereocenters. The van der Waals surface area contributed by atoms with Crippen molar-refractivity contribution < 1.29 is 0 Å². The smallest absolute Gasteiger partial charge is 0.0233 e. The third-order valence-corrected chi connectivity index (χ3v) is 2.27. The average Bonchev–Trinajstić information content (AvgIpc) is 2.60. The molecule has 0 aromatic heterocycles. The number of hydrogen-bond donors (Lipinski definition) is 1. The zero-order valence-corrected chi connectivity index (χ0v) is 5.93. The molecule has 2 aliphatic rings. The molecule has 0 aliphatic carbocycles. The lowest BCUT2D eigenvalue weighted by molar-refractivity contribution is 0.529. The predicted octanol–water partition coefficient (Wildman–Crippen LogP) is 0.0524. The van der Waals surface area contributed by atoms with Gasteiger partial charge in [0.05, 0.1) is 0 Å². The largest absolute Gasteiger partial charge is 0.308 e. The van der Waals surface area contributed by atoms with Crippen molar-refractivity contribution in [3.05, 3.63) is 0 Å². The first-order valence-electron chi connectivity index (χ1n) is 3.84. The number of nitrogens with zero attached hydrogens (tertiary/aromatic N) is 1. The lowest BCUT2D eigenvalue weighted by Crippen LogP contribution is -2.04. The Morgan fingerprint density at radius 1 is 1.56 bits per heavy atom. The van der Waals surface area contributed by atoms with Gasteiger partial charge in [0.15, 0.2) is 0 Å². The summed E-state index contributed by atoms with van der Waals surface area (Å²) in [6.45, 7) is 6.27. The summed E-state index contributed by atoms with van der Waals surface area (Å²) in [5.41, 5.74) is 0. The highest BCUT2D eigenvalue weighted by atomic mass is 15.3. The number of rotatable bonds is 3. The molecule has 2 rings (SSSR count). The van der Waals surface area contributed by atoms with E-state index in [0.29, 0.717) is 0 Å². The molecule has 0 amide bonds. The minimum absolute atomic E-state index is 0.810. The molecule has 2 atom stereocenters. The second kappa shape index (κ2) is 1.96. The second-order valence-electron chi connectivity index (χ2n) is 3.19. The van der Waals surface area contributed by atoms with Gasteiger partial charge in [-0.1, -0.05) is 0 Å². The number of nitrogens with one attached hydrogen (secondary N) is 1. The lowest BCUT2D eigenvalue weighted by atomic mass is 10.2. The maximum Gasteiger partial charge on any atom is 0.0233 e. The summed E-state index contributed by atoms with van der Waals surface area (Å²) >= 11 is 0. The molecule has 2 fully saturated rings. The summed E-state index contributed by atoms with van der Waals surface area (Å²) in [6, 6.07) is 1.66. The van der Waals surface area contributed by atoms with Gasteiger partial charge >= 0.3 is 0 Å². The minimum Gasteiger partial charge on any atom is -0.308 e. The normalized spacial score (nSPS) is 41.0. The topological polar surface area (TPSA) is 25.0 Å². The zero-order valence-electron chi connectivity index (χ0n) is 5.93. The maximum absolute atomic E-state index is 3.39. The third kappa shape index (κ3) is 1.43. The Bertz CT molecular complexity index is 109. The molecule has 0 aromatic rings. The van der Waals surface area contributed by atoms with Crippen LogP contribution in [0.25, 0.3) is 0 Å². The highest BCUT2D eigenvalue weighted by Crippen LogP contribution is 2.15. The van der Waals surface area contributed by atoms with Crippen molar-refractivity contribution in [2.45, 2.75) is 25.4 Å². The fourth-order valence-electron chi connectivity index (χ4n) is 1.23. The van der Waals surface area contributed by atoms with E-state index < -0.39 is 0 Å². The molecule has 1 N–H and O–H groups in total. The fourth-order valence-corrected chi connectivity index (χ4v) is 1.23. The van der Waals surface area contributed by atoms with Crippen LogP contribution in [-0.2, 0) is 0 Å². The molecular formula is C7H14N2. The third-order valence-electron chi connectivity index (χ3n) is 2.27. The van der Waals surface area contributed by atoms with Crippen molar-refractivity contribution in [1.82, 2.24) is 10.2 Å². The van der Waals surface area contributed by atoms with Crippen molar-refractivity contribution in [3.63, 3.8) is 0 Å². The van der Waals surface area contributed by atoms with E-state index in [2.05, 4.69) is 17.1 Å². The molecule has 52 valence electrons. The van der Waals surface area contributed by atoms with Crippen LogP contribution >= 0.6 is 0 Å². The van der Waals surface area contributed by atoms with E-state index in [9.17, 15) is 0 Å². The molecule has 0 radical (unpaired) electrons. The summed E-state index contributed by atoms with van der Waals surface area (Å²) in [7, 11) is 0. The summed E-state index contributed by atoms with van der Waals surface area (Å²) < 4.78 is 0. The Balaban J connectivity index is 1.57. The monoisotopic (exact) mass is 126 g/mol. The Kier molecular flexibility index (Phi) is 1.24. The van der Waals surface area contributed by atoms with Crippen LogP contribution in [0.15, 0.2) is 0 Å². The first-order chi connectivity index (χ1) is 4.36. The Labute approximate surface area is 56.2 Å². The van der Waals surface area contributed by atoms with E-state index in [1.807, 2.05) is 0 Å². The summed E-state index contributed by atoms with van der Waals surface area (Å²) in [4.78, 5) is 2.48. The highest BCUT2D eigenvalue weighted by molar-refractivity contribution is 4.95. The second-order valence-corrected chi connectivity index (χ2v) is 3.19. The van der Waals surface area contributed by atoms with E-state index in [-0.39, 0.29) is 0 Å². The van der Waals surface area contributed by atoms with Crippen molar-refractivity contribution in [1.29, 1.82) is 0 Å². The molecule has 2 nitrogen and oxygen atoms in total. The van der Waals surface area contributed by atoms with Crippen LogP contribution in [0.5, 0.6) is 0 Å². The van der Waals surface area contributed by atoms with Gasteiger partial charge in [0.1, 0.15) is 0 Å². The Morgan fingerprint density at radius 3 is 2.67 bits per heavy atom. The lowest BCUT2D eigenvalue weighted by Gasteiger charge is -1.95. The van der Waals surface area contributed by atoms with E-state index >= 15 is 0 Å². The van der Waals surface area contributed by atoms with Crippen molar-refractivity contribution >= 4 is 0 Å². The first-order valence-corrected chi connectivity index (χ1v) is 3.84. The van der Waals surface area contributed by atoms with Gasteiger partial charge in [0.2, 0.25) is 0 Å². The van der Waals surface area contributed by atoms with Gasteiger partial charge in [-0.3, -0.25) is 0 Å². The molecule has 2 heteroatoms. The van der Waals surface area contributed by atoms with Crippen LogP contribution in [0.1, 0.15) is 13.3 Å². The highest BCUT2D eigenvalue weighted by Gasteiger charge is 2.32. The van der Waals surface area contributed by atoms with Gasteiger partial charge in [0, 0.05) is 25.2 Å². The molecule has 2 saturated heterocycles. The molecular weight excluding hydrogens is 112 g/mol. The van der Waals surface area contributed by atoms with Gasteiger partial charge in [-0.15, -0.1) is 0 Å². The van der Waals surface area contributed by atoms with Crippen molar-refractivity contribution in [2.75, 3.05) is 19.6 Å². The minimum atomic E-state index is 0.810. The summed E-state index contributed by atoms with van der Waals surface area (Å²) in [5, 5.41) is 3.39. The molecule has 0 bridgehead atoms. The van der Waals surface area contributed by atoms with Crippen LogP contribution in [0.3, 0.4) is 0 Å². The van der Waals surface area contributed by atoms with Gasteiger partial charge in [-0.25, -0.2) is 0 Å². The van der Waals surface area contributed by atoms with Crippen molar-refractivity contribution in [2.24, 2.45) is 0 Å². The van der Waals surface area contributed by atoms with E-state index in [0.717, 1.165) is 12.1 Å². The molecule has 0 saturated carbocycles. The molecule has 2 aliphatic heterocycles. The van der Waals surface area contributed by atoms with Gasteiger partial charge in [-0.2, -0.15) is 0 Å². The average molecular weight is 126 g/mol. The standard InChI is InChI=1S/C7H14N2/c1-6-7(8-6)2-3-9-4-5-9/h6-8H,2-5H2,1H3. The molecule has 2 heterocycles. The van der Waals surface area contributed by atoms with Crippen LogP contribution in [0.4, 0.5) is 0 Å². The molecule has 0 aromatic carbocycles. The number of hydrogen-bond acceptors (Lipinski definition) is 2. The van der Waals surface area contributed by atoms with Gasteiger partial charge < -0.3 is 10.2 Å². The SMILES string of the molecule is CC1NC1CCN1CC1. The molecule has 9 heavy (non-hydrogen) atoms. The summed E-state index contributed by atoms with van der Waals surface area (Å²) in [6.07, 6.45) is 1.36. The Morgan fingerprint density at radius 2 is 2.22 bits per heavy atom. The first kappa shape index (κ1) is 5.69. The van der Waals surface area contributed by atoms with Crippen LogP contribution < -0.4 is 5.32 Å². The van der Waals surface area contributed by atoms with Gasteiger partial charge in [0.25, 0.3) is 0 Å². The van der Waals surface area contributed by atoms with Crippen LogP contribution in [0, 0.1) is 0 Å². The fraction of sp³-hybridized carbons (Fsp3) is 1.00. The van der Waals surface area contributed by atoms with Gasteiger partial charge in [-0.05, 0) is 19.9 Å². The van der Waals surface area contributed by atoms with E-state index in [4.69, 9.17) is 0 Å². The van der Waals surface area contributed by atoms with Crippen LogP contribution in [0.2, 0.25) is 0 Å². The van der Waals surface area contributed by atoms with E-state index in [1.54, 1.807) is 0 Å². The predicted molar refractivity (Wildman–Crippen MR) is 37.4 cm³/mol. The zero-order chi connectivity index (χ0) is 6.27. The van der Waals surface area contributed by atoms with Crippen molar-refractivity contribution in [3.8, 4) is 0 Å². The summed E-state index contributed by atoms with van der Waals surface area (Å²) in [5.74, 6) is 0.